The Bertz CT molecular complexity index is 5330. The average molecular weight is 2020 g/mol. The number of hydrogen-bond donors (Lipinski definition) is 4. The second kappa shape index (κ2) is 55.9. The Labute approximate surface area is 862 Å². The van der Waals surface area contributed by atoms with Crippen LogP contribution in [0.5, 0.6) is 0 Å². The van der Waals surface area contributed by atoms with Crippen LogP contribution in [-0.2, 0) is 52.6 Å². The van der Waals surface area contributed by atoms with Crippen LogP contribution in [0.15, 0.2) is 170 Å². The quantitative estimate of drug-likeness (QED) is 0.0409. The van der Waals surface area contributed by atoms with E-state index in [1.807, 2.05) is 104 Å². The molecule has 0 bridgehead atoms. The molecule has 7 heterocycles. The van der Waals surface area contributed by atoms with E-state index in [4.69, 9.17) is 15.2 Å². The molecule has 0 radical (unpaired) electrons. The van der Waals surface area contributed by atoms with Gasteiger partial charge in [-0.05, 0) is 237 Å². The van der Waals surface area contributed by atoms with Crippen LogP contribution in [-0.4, -0.2) is 181 Å². The van der Waals surface area contributed by atoms with Crippen LogP contribution in [0, 0.1) is 89.2 Å². The number of likely N-dealkylation sites (tertiary alicyclic amines) is 5. The highest BCUT2D eigenvalue weighted by molar-refractivity contribution is 5.87. The highest BCUT2D eigenvalue weighted by atomic mass is 19.2. The highest BCUT2D eigenvalue weighted by Gasteiger charge is 2.46. The number of rotatable bonds is 20. The molecule has 0 unspecified atom stereocenters. The summed E-state index contributed by atoms with van der Waals surface area (Å²) in [5.74, 6) is -3.62. The standard InChI is InChI=1S/C18H23F2NO3.C18H25NO3.C17H24FNO.C17H25NO.C16H21F2NO2.C16H23NO.C15H21FN2O.2CH4/c1-10-13(12-6-5-7-14(19)16(12)20)8-11(17(23)21-10)9-15(22)24-18(2,3)4;1-12-15(13-8-6-5-7-9-13)10-14(17(21)19-12)11-16(20)22-18(2,3)4;1-11(2)10-19-13(4)15(9-12(3)17(19)20)14-7-5-6-8-16(14)18;1-12(2)11-18-14(4)16(10-13(3)17(18)19)15-8-6-5-7-9-15;1-9-7-13(12-5-4-6-14(17)15(12)18)11(3)19(16(9)21)8-10(2)20;1-4-10-17-13(3)15(11-12(2)16(17)18)14-8-6-5-7-9-14;1-4-18-10(3)12(8-13(17)15(18)19)11-7-5-6-9(2)14(11)16;;/h5-7,10-11,13H,8-9H2,1-4H3,(H,21,23);5-9,12,14-15H,10-11H2,1-4H3,(H,19,21);5-8,11-13,15H,9-10H2,1-4H3;5-9,12-14,16H,10-11H2,1-4H3;4-6,9-11,13,20H,7-8H2,1-3H3;5-9,12-13,15H,4,10-11H2,1-3H3;5-7,10,12-13H,4,8,17H2,1-3H3;2*1H4/t10-,11-,13-;12-,14-,15-;12-,13+,15+;13-,14+,16+;9-,10+,11+,13+;12-,13+,15+;10-,12-,13+;;/m1100001../s1. The predicted molar refractivity (Wildman–Crippen MR) is 565 cm³/mol. The third-order valence-electron chi connectivity index (χ3n) is 28.9. The number of aliphatic hydroxyl groups excluding tert-OH is 1. The first-order valence-corrected chi connectivity index (χ1v) is 51.7. The number of nitrogens with two attached hydrogens (primary N) is 1. The molecule has 26 heteroatoms. The van der Waals surface area contributed by atoms with Gasteiger partial charge in [0.2, 0.25) is 41.4 Å². The Balaban J connectivity index is 0.000000258. The lowest BCUT2D eigenvalue weighted by Gasteiger charge is -2.43. The van der Waals surface area contributed by atoms with Gasteiger partial charge in [-0.1, -0.05) is 229 Å². The van der Waals surface area contributed by atoms with E-state index < -0.39 is 64.4 Å². The van der Waals surface area contributed by atoms with Crippen molar-refractivity contribution in [1.82, 2.24) is 35.1 Å². The van der Waals surface area contributed by atoms with Gasteiger partial charge in [0.1, 0.15) is 22.8 Å². The zero-order valence-corrected chi connectivity index (χ0v) is 89.1. The van der Waals surface area contributed by atoms with Crippen LogP contribution < -0.4 is 16.4 Å². The number of amides is 7. The van der Waals surface area contributed by atoms with Crippen LogP contribution in [0.4, 0.5) is 26.3 Å². The highest BCUT2D eigenvalue weighted by Crippen LogP contribution is 2.44. The molecule has 7 saturated heterocycles. The van der Waals surface area contributed by atoms with Crippen molar-refractivity contribution in [2.75, 3.05) is 32.7 Å². The molecule has 0 saturated carbocycles. The summed E-state index contributed by atoms with van der Waals surface area (Å²) < 4.78 is 94.0. The van der Waals surface area contributed by atoms with Crippen molar-refractivity contribution in [3.8, 4) is 0 Å². The van der Waals surface area contributed by atoms with Crippen LogP contribution in [0.25, 0.3) is 0 Å². The fourth-order valence-corrected chi connectivity index (χ4v) is 21.5. The summed E-state index contributed by atoms with van der Waals surface area (Å²) in [4.78, 5) is 119. The van der Waals surface area contributed by atoms with Crippen molar-refractivity contribution in [2.45, 2.75) is 359 Å². The Morgan fingerprint density at radius 2 is 0.690 bits per heavy atom. The normalized spacial score (nSPS) is 26.5. The number of aliphatic hydroxyl groups is 1. The zero-order chi connectivity index (χ0) is 106. The van der Waals surface area contributed by atoms with E-state index in [0.717, 1.165) is 63.0 Å². The molecule has 7 aromatic rings. The first-order chi connectivity index (χ1) is 67.2. The Kier molecular flexibility index (Phi) is 47.4. The molecule has 22 atom stereocenters. The van der Waals surface area contributed by atoms with Gasteiger partial charge in [0.25, 0.3) is 0 Å². The van der Waals surface area contributed by atoms with Crippen LogP contribution in [0.2, 0.25) is 0 Å². The number of hydrogen-bond acceptors (Lipinski definition) is 13. The number of nitrogens with zero attached hydrogens (tertiary/aromatic N) is 5. The Morgan fingerprint density at radius 3 is 1.08 bits per heavy atom. The fourth-order valence-electron chi connectivity index (χ4n) is 21.5. The lowest BCUT2D eigenvalue weighted by Crippen LogP contribution is -2.55. The molecule has 7 aliphatic rings. The van der Waals surface area contributed by atoms with Crippen molar-refractivity contribution in [3.63, 3.8) is 0 Å². The van der Waals surface area contributed by atoms with E-state index in [2.05, 4.69) is 156 Å². The summed E-state index contributed by atoms with van der Waals surface area (Å²) in [6.45, 7) is 51.9. The number of nitrogens with one attached hydrogen (secondary N) is 2. The topological polar surface area (TPSA) is 259 Å². The number of carbonyl (C=O) groups is 9. The minimum atomic E-state index is -0.916. The van der Waals surface area contributed by atoms with Gasteiger partial charge in [-0.25, -0.2) is 26.3 Å². The summed E-state index contributed by atoms with van der Waals surface area (Å²) in [5.41, 5.74) is 11.3. The van der Waals surface area contributed by atoms with Crippen LogP contribution >= 0.6 is 0 Å². The molecule has 7 fully saturated rings. The summed E-state index contributed by atoms with van der Waals surface area (Å²) in [6, 6.07) is 51.5. The molecule has 20 nitrogen and oxygen atoms in total. The molecule has 0 aliphatic carbocycles. The van der Waals surface area contributed by atoms with Crippen LogP contribution in [0.3, 0.4) is 0 Å². The van der Waals surface area contributed by atoms with E-state index in [0.29, 0.717) is 90.1 Å². The maximum atomic E-state index is 14.3. The third-order valence-corrected chi connectivity index (χ3v) is 28.9. The second-order valence-electron chi connectivity index (χ2n) is 43.7. The molecular formula is C119H170F6N8O12. The van der Waals surface area contributed by atoms with Gasteiger partial charge in [-0.3, -0.25) is 43.2 Å². The van der Waals surface area contributed by atoms with Crippen LogP contribution in [0.1, 0.15) is 331 Å². The molecule has 7 amide bonds. The summed E-state index contributed by atoms with van der Waals surface area (Å²) in [5, 5.41) is 15.3. The molecule has 7 aromatic carbocycles. The van der Waals surface area contributed by atoms with Crippen molar-refractivity contribution in [1.29, 1.82) is 0 Å². The minimum absolute atomic E-state index is 0. The molecule has 5 N–H and O–H groups in total. The number of halogens is 6. The molecule has 145 heavy (non-hydrogen) atoms. The van der Waals surface area contributed by atoms with E-state index in [-0.39, 0.29) is 177 Å². The number of piperidine rings is 7. The average Bonchev–Trinajstić information content (AvgIpc) is 0.787. The van der Waals surface area contributed by atoms with Gasteiger partial charge in [-0.15, -0.1) is 0 Å². The number of β-amino-alcohol motifs (C(OH)–C–C–N with tert-alkyl or cyclic N) is 1. The van der Waals surface area contributed by atoms with Gasteiger partial charge in [0.15, 0.2) is 23.3 Å². The molecular weight excluding hydrogens is 1850 g/mol. The Hall–Kier alpha value is -10.7. The summed E-state index contributed by atoms with van der Waals surface area (Å²) >= 11 is 0. The Morgan fingerprint density at radius 1 is 0.379 bits per heavy atom. The van der Waals surface area contributed by atoms with Gasteiger partial charge in [-0.2, -0.15) is 0 Å². The number of ether oxygens (including phenoxy) is 2. The SMILES string of the molecule is C.C.CC(C)CN1C(=O)[C@@H](C)C[C@@H](c2ccccc2)[C@H]1C.CC(C)CN1C(=O)[C@@H](C)C[C@@H](c2ccccc2F)[C@H]1C.CCCN1C(=O)[C@@H](C)C[C@@H](c2ccccc2)[C@H]1C.CCN1C(=O)[C@@H](N)C[C@@H](c2cccc(C)c2F)[C@H]1C.C[C@@H]1[C@H](c2cccc(F)c2F)C[C@H](C)C(=O)N1C[C@@H](C)O.C[C@H]1NC(=O)[C@@H](CC(=O)OC(C)(C)C)C[C@H]1c1cccc(F)c1F.C[C@H]1NC(=O)[C@@H](CC(=O)OC(C)(C)C)C[C@H]1c1ccccc1. The van der Waals surface area contributed by atoms with Crippen molar-refractivity contribution < 1.29 is 84.1 Å². The van der Waals surface area contributed by atoms with Gasteiger partial charge < -0.3 is 55.4 Å². The van der Waals surface area contributed by atoms with Crippen molar-refractivity contribution >= 4 is 53.3 Å². The number of esters is 2. The van der Waals surface area contributed by atoms with E-state index in [1.54, 1.807) is 82.5 Å². The molecule has 14 rings (SSSR count). The van der Waals surface area contributed by atoms with Gasteiger partial charge >= 0.3 is 11.9 Å². The molecule has 7 aliphatic heterocycles. The number of aryl methyl sites for hydroxylation is 1. The second-order valence-corrected chi connectivity index (χ2v) is 43.7. The summed E-state index contributed by atoms with van der Waals surface area (Å²) in [7, 11) is 0. The maximum Gasteiger partial charge on any atom is 0.307 e. The van der Waals surface area contributed by atoms with E-state index in [1.165, 1.54) is 41.0 Å². The first kappa shape index (κ1) is 123. The summed E-state index contributed by atoms with van der Waals surface area (Å²) in [6.07, 6.45) is 5.06. The molecule has 0 spiro atoms. The minimum Gasteiger partial charge on any atom is -0.460 e. The molecule has 800 valence electrons. The largest absolute Gasteiger partial charge is 0.460 e. The maximum absolute atomic E-state index is 14.3. The first-order valence-electron chi connectivity index (χ1n) is 51.7. The number of carbonyl (C=O) groups excluding carboxylic acids is 9. The third kappa shape index (κ3) is 33.6. The van der Waals surface area contributed by atoms with E-state index in [9.17, 15) is 74.6 Å². The lowest BCUT2D eigenvalue weighted by atomic mass is 9.79. The predicted octanol–water partition coefficient (Wildman–Crippen LogP) is 23.4. The fraction of sp³-hybridized carbons (Fsp3) is 0.571. The van der Waals surface area contributed by atoms with Crippen molar-refractivity contribution in [3.05, 3.63) is 249 Å². The van der Waals surface area contributed by atoms with E-state index >= 15 is 0 Å². The number of likely N-dealkylation sites (N-methyl/N-ethyl adjacent to an activating group) is 1. The zero-order valence-electron chi connectivity index (χ0n) is 89.1. The smallest absolute Gasteiger partial charge is 0.307 e. The molecule has 0 aromatic heterocycles. The van der Waals surface area contributed by atoms with Crippen molar-refractivity contribution in [2.24, 2.45) is 53.1 Å². The number of benzene rings is 7. The monoisotopic (exact) mass is 2020 g/mol. The van der Waals surface area contributed by atoms with Gasteiger partial charge in [0.05, 0.1) is 25.0 Å². The van der Waals surface area contributed by atoms with Gasteiger partial charge in [0, 0.05) is 152 Å². The lowest BCUT2D eigenvalue weighted by molar-refractivity contribution is -0.158.